The molecule has 8 nitrogen and oxygen atoms in total. The maximum Gasteiger partial charge on any atom is 0.290 e. The van der Waals surface area contributed by atoms with Gasteiger partial charge in [0, 0.05) is 41.9 Å². The molecule has 0 aliphatic carbocycles. The lowest BCUT2D eigenvalue weighted by Gasteiger charge is -2.36. The van der Waals surface area contributed by atoms with Crippen LogP contribution in [0.5, 0.6) is 0 Å². The van der Waals surface area contributed by atoms with Crippen LogP contribution in [0.3, 0.4) is 0 Å². The van der Waals surface area contributed by atoms with Gasteiger partial charge in [-0.2, -0.15) is 0 Å². The minimum atomic E-state index is -0.789. The highest BCUT2D eigenvalue weighted by Gasteiger charge is 2.39. The predicted octanol–water partition coefficient (Wildman–Crippen LogP) is 6.77. The number of nitrogens with one attached hydrogen (secondary N) is 1. The zero-order valence-corrected chi connectivity index (χ0v) is 24.7. The number of ether oxygens (including phenoxy) is 2. The third-order valence-corrected chi connectivity index (χ3v) is 8.70. The molecule has 2 aromatic heterocycles. The summed E-state index contributed by atoms with van der Waals surface area (Å²) in [5.41, 5.74) is 4.42. The van der Waals surface area contributed by atoms with Gasteiger partial charge in [-0.1, -0.05) is 18.2 Å². The van der Waals surface area contributed by atoms with Gasteiger partial charge in [-0.15, -0.1) is 11.3 Å². The Morgan fingerprint density at radius 3 is 2.72 bits per heavy atom. The largest absolute Gasteiger partial charge is 0.464 e. The van der Waals surface area contributed by atoms with E-state index in [9.17, 15) is 14.7 Å². The Balaban J connectivity index is 1.29. The molecule has 220 valence electrons. The van der Waals surface area contributed by atoms with Crippen molar-refractivity contribution in [3.8, 4) is 10.6 Å². The number of hydrogen-bond donors (Lipinski definition) is 2. The van der Waals surface area contributed by atoms with Crippen molar-refractivity contribution < 1.29 is 23.8 Å². The minimum absolute atomic E-state index is 0.0158. The highest BCUT2D eigenvalue weighted by atomic mass is 32.1. The molecule has 6 rings (SSSR count). The molecule has 0 spiro atoms. The Hall–Kier alpha value is -4.31. The van der Waals surface area contributed by atoms with Crippen molar-refractivity contribution >= 4 is 44.1 Å². The van der Waals surface area contributed by atoms with Gasteiger partial charge in [0.25, 0.3) is 5.91 Å². The van der Waals surface area contributed by atoms with Crippen LogP contribution in [0.1, 0.15) is 36.8 Å². The SMILES string of the molecule is CCO[C@@H]1OC(C(=O)Nc2ccc(-c3nc4ccc(C)cc4s3)cc2)=C[C@H](c2coc3ccccc3c2=O)[C@H]1CCCO. The van der Waals surface area contributed by atoms with Gasteiger partial charge in [0.1, 0.15) is 10.6 Å². The Labute approximate surface area is 252 Å². The van der Waals surface area contributed by atoms with Gasteiger partial charge in [-0.05, 0) is 86.9 Å². The fraction of sp³-hybridized carbons (Fsp3) is 0.265. The first kappa shape index (κ1) is 28.8. The smallest absolute Gasteiger partial charge is 0.290 e. The number of thiazole rings is 1. The Morgan fingerprint density at radius 2 is 1.93 bits per heavy atom. The summed E-state index contributed by atoms with van der Waals surface area (Å²) in [5, 5.41) is 13.8. The lowest BCUT2D eigenvalue weighted by Crippen LogP contribution is -2.38. The number of aryl methyl sites for hydroxylation is 1. The molecule has 1 amide bonds. The zero-order chi connectivity index (χ0) is 29.9. The number of aliphatic hydroxyl groups excluding tert-OH is 1. The lowest BCUT2D eigenvalue weighted by molar-refractivity contribution is -0.165. The first-order valence-electron chi connectivity index (χ1n) is 14.4. The number of benzene rings is 3. The van der Waals surface area contributed by atoms with Gasteiger partial charge in [-0.3, -0.25) is 9.59 Å². The van der Waals surface area contributed by atoms with Gasteiger partial charge < -0.3 is 24.3 Å². The van der Waals surface area contributed by atoms with E-state index in [4.69, 9.17) is 18.9 Å². The molecule has 5 aromatic rings. The normalized spacial score (nSPS) is 18.4. The van der Waals surface area contributed by atoms with E-state index in [1.165, 1.54) is 11.8 Å². The molecular weight excluding hydrogens is 564 g/mol. The van der Waals surface area contributed by atoms with Crippen molar-refractivity contribution in [1.29, 1.82) is 0 Å². The Bertz CT molecular complexity index is 1860. The molecule has 0 saturated heterocycles. The fourth-order valence-electron chi connectivity index (χ4n) is 5.49. The van der Waals surface area contributed by atoms with Crippen LogP contribution in [0.4, 0.5) is 5.69 Å². The molecule has 9 heteroatoms. The summed E-state index contributed by atoms with van der Waals surface area (Å²) in [5.74, 6) is -1.24. The molecule has 3 atom stereocenters. The van der Waals surface area contributed by atoms with Crippen molar-refractivity contribution in [2.24, 2.45) is 5.92 Å². The van der Waals surface area contributed by atoms with Crippen molar-refractivity contribution in [2.45, 2.75) is 38.9 Å². The highest BCUT2D eigenvalue weighted by molar-refractivity contribution is 7.21. The van der Waals surface area contributed by atoms with Crippen LogP contribution in [-0.4, -0.2) is 35.5 Å². The van der Waals surface area contributed by atoms with Crippen molar-refractivity contribution in [2.75, 3.05) is 18.5 Å². The zero-order valence-electron chi connectivity index (χ0n) is 23.9. The van der Waals surface area contributed by atoms with Crippen LogP contribution in [0.15, 0.2) is 94.0 Å². The maximum absolute atomic E-state index is 13.6. The number of amides is 1. The van der Waals surface area contributed by atoms with E-state index in [1.807, 2.05) is 43.3 Å². The van der Waals surface area contributed by atoms with E-state index < -0.39 is 18.1 Å². The lowest BCUT2D eigenvalue weighted by atomic mass is 9.81. The molecule has 0 radical (unpaired) electrons. The van der Waals surface area contributed by atoms with Crippen molar-refractivity contribution in [3.05, 3.63) is 106 Å². The summed E-state index contributed by atoms with van der Waals surface area (Å²) in [6, 6.07) is 20.8. The van der Waals surface area contributed by atoms with Crippen LogP contribution in [0.2, 0.25) is 0 Å². The molecule has 3 heterocycles. The topological polar surface area (TPSA) is 111 Å². The van der Waals surface area contributed by atoms with Crippen LogP contribution >= 0.6 is 11.3 Å². The number of rotatable bonds is 9. The fourth-order valence-corrected chi connectivity index (χ4v) is 6.56. The first-order valence-corrected chi connectivity index (χ1v) is 15.2. The van der Waals surface area contributed by atoms with Gasteiger partial charge in [0.15, 0.2) is 11.2 Å². The van der Waals surface area contributed by atoms with Crippen molar-refractivity contribution in [3.63, 3.8) is 0 Å². The molecule has 43 heavy (non-hydrogen) atoms. The van der Waals surface area contributed by atoms with E-state index in [0.717, 1.165) is 20.8 Å². The number of aliphatic hydroxyl groups is 1. The van der Waals surface area contributed by atoms with Gasteiger partial charge in [0.2, 0.25) is 6.29 Å². The van der Waals surface area contributed by atoms with Crippen LogP contribution < -0.4 is 10.7 Å². The van der Waals surface area contributed by atoms with E-state index in [0.29, 0.717) is 41.7 Å². The third-order valence-electron chi connectivity index (χ3n) is 7.63. The Morgan fingerprint density at radius 1 is 1.12 bits per heavy atom. The number of aromatic nitrogens is 1. The van der Waals surface area contributed by atoms with Gasteiger partial charge >= 0.3 is 0 Å². The summed E-state index contributed by atoms with van der Waals surface area (Å²) in [7, 11) is 0. The van der Waals surface area contributed by atoms with Crippen molar-refractivity contribution in [1.82, 2.24) is 4.98 Å². The Kier molecular flexibility index (Phi) is 8.38. The molecule has 0 bridgehead atoms. The maximum atomic E-state index is 13.6. The van der Waals surface area contributed by atoms with Gasteiger partial charge in [-0.25, -0.2) is 4.98 Å². The minimum Gasteiger partial charge on any atom is -0.464 e. The highest BCUT2D eigenvalue weighted by Crippen LogP contribution is 2.39. The number of carbonyl (C=O) groups excluding carboxylic acids is 1. The first-order chi connectivity index (χ1) is 20.9. The molecule has 0 saturated carbocycles. The van der Waals surface area contributed by atoms with E-state index in [1.54, 1.807) is 35.6 Å². The number of para-hydroxylation sites is 1. The summed E-state index contributed by atoms with van der Waals surface area (Å²) in [6.07, 6.45) is 3.36. The predicted molar refractivity (Wildman–Crippen MR) is 168 cm³/mol. The standard InChI is InChI=1S/C34H32N2O6S/c1-3-40-34-23(8-6-16-37)25(26-19-41-28-9-5-4-7-24(28)31(26)38)18-29(42-34)32(39)35-22-13-11-21(12-14-22)33-36-27-15-10-20(2)17-30(27)43-33/h4-5,7,9-15,17-19,23,25,34,37H,3,6,8,16H2,1-2H3,(H,35,39)/t23-,25+,34-/m1/s1. The second-order valence-electron chi connectivity index (χ2n) is 10.6. The summed E-state index contributed by atoms with van der Waals surface area (Å²) < 4.78 is 19.0. The molecular formula is C34H32N2O6S. The van der Waals surface area contributed by atoms with E-state index >= 15 is 0 Å². The van der Waals surface area contributed by atoms with Crippen LogP contribution in [-0.2, 0) is 14.3 Å². The molecule has 2 N–H and O–H groups in total. The quantitative estimate of drug-likeness (QED) is 0.193. The second kappa shape index (κ2) is 12.5. The average molecular weight is 597 g/mol. The summed E-state index contributed by atoms with van der Waals surface area (Å²) in [6.45, 7) is 4.24. The molecule has 0 fully saturated rings. The molecule has 1 aliphatic rings. The molecule has 0 unspecified atom stereocenters. The van der Waals surface area contributed by atoms with E-state index in [-0.39, 0.29) is 23.7 Å². The van der Waals surface area contributed by atoms with Crippen LogP contribution in [0.25, 0.3) is 31.8 Å². The average Bonchev–Trinajstić information content (AvgIpc) is 3.44. The molecule has 3 aromatic carbocycles. The van der Waals surface area contributed by atoms with Gasteiger partial charge in [0.05, 0.1) is 21.9 Å². The number of nitrogens with zero attached hydrogens (tertiary/aromatic N) is 1. The summed E-state index contributed by atoms with van der Waals surface area (Å²) in [4.78, 5) is 31.8. The second-order valence-corrected chi connectivity index (χ2v) is 11.6. The number of fused-ring (bicyclic) bond motifs is 2. The van der Waals surface area contributed by atoms with Crippen LogP contribution in [0, 0.1) is 12.8 Å². The monoisotopic (exact) mass is 596 g/mol. The summed E-state index contributed by atoms with van der Waals surface area (Å²) >= 11 is 1.63. The number of hydrogen-bond acceptors (Lipinski definition) is 8. The number of carbonyl (C=O) groups is 1. The number of allylic oxidation sites excluding steroid dienone is 1. The molecule has 1 aliphatic heterocycles. The van der Waals surface area contributed by atoms with E-state index in [2.05, 4.69) is 24.4 Å². The number of anilines is 1. The third kappa shape index (κ3) is 5.97.